The maximum Gasteiger partial charge on any atom is 0.258 e. The van der Waals surface area contributed by atoms with Gasteiger partial charge in [-0.15, -0.1) is 0 Å². The molecule has 2 aliphatic heterocycles. The molecule has 0 spiro atoms. The number of nitrogens with one attached hydrogen (secondary N) is 1. The highest BCUT2D eigenvalue weighted by molar-refractivity contribution is 6.06. The van der Waals surface area contributed by atoms with Crippen LogP contribution in [0.25, 0.3) is 11.0 Å². The molecule has 2 fully saturated rings. The highest BCUT2D eigenvalue weighted by Crippen LogP contribution is 2.30. The standard InChI is InChI=1S/C16H18N2O2/c19-16(13-10-20-15-6-2-1-5-12(13)15)18-7-3-4-11-8-17-9-14(11)18/h1-2,5-6,10-11,14,17H,3-4,7-9H2. The molecule has 0 saturated carbocycles. The zero-order valence-corrected chi connectivity index (χ0v) is 11.3. The molecule has 0 bridgehead atoms. The second-order valence-electron chi connectivity index (χ2n) is 5.77. The van der Waals surface area contributed by atoms with Crippen molar-refractivity contribution in [2.45, 2.75) is 18.9 Å². The van der Waals surface area contributed by atoms with Crippen LogP contribution in [-0.2, 0) is 0 Å². The van der Waals surface area contributed by atoms with E-state index in [4.69, 9.17) is 4.42 Å². The maximum atomic E-state index is 12.9. The summed E-state index contributed by atoms with van der Waals surface area (Å²) in [5.41, 5.74) is 1.49. The van der Waals surface area contributed by atoms with Gasteiger partial charge in [-0.1, -0.05) is 18.2 Å². The Balaban J connectivity index is 1.69. The fourth-order valence-corrected chi connectivity index (χ4v) is 3.62. The summed E-state index contributed by atoms with van der Waals surface area (Å²) in [6.45, 7) is 2.83. The van der Waals surface area contributed by atoms with Crippen molar-refractivity contribution >= 4 is 16.9 Å². The van der Waals surface area contributed by atoms with Crippen molar-refractivity contribution in [2.24, 2.45) is 5.92 Å². The molecule has 0 radical (unpaired) electrons. The topological polar surface area (TPSA) is 45.5 Å². The van der Waals surface area contributed by atoms with E-state index in [9.17, 15) is 4.79 Å². The predicted molar refractivity (Wildman–Crippen MR) is 76.6 cm³/mol. The molecule has 1 amide bonds. The number of nitrogens with zero attached hydrogens (tertiary/aromatic N) is 1. The van der Waals surface area contributed by atoms with Crippen molar-refractivity contribution in [3.8, 4) is 0 Å². The van der Waals surface area contributed by atoms with Crippen LogP contribution in [-0.4, -0.2) is 36.5 Å². The summed E-state index contributed by atoms with van der Waals surface area (Å²) in [4.78, 5) is 14.9. The highest BCUT2D eigenvalue weighted by atomic mass is 16.3. The Bertz CT molecular complexity index is 649. The average molecular weight is 270 g/mol. The van der Waals surface area contributed by atoms with Gasteiger partial charge in [0.1, 0.15) is 11.8 Å². The van der Waals surface area contributed by atoms with Crippen molar-refractivity contribution < 1.29 is 9.21 Å². The SMILES string of the molecule is O=C(c1coc2ccccc12)N1CCCC2CNCC21. The molecule has 2 unspecified atom stereocenters. The van der Waals surface area contributed by atoms with E-state index in [0.29, 0.717) is 17.5 Å². The predicted octanol–water partition coefficient (Wildman–Crippen LogP) is 2.26. The van der Waals surface area contributed by atoms with E-state index in [2.05, 4.69) is 5.32 Å². The number of carbonyl (C=O) groups excluding carboxylic acids is 1. The van der Waals surface area contributed by atoms with E-state index in [1.54, 1.807) is 6.26 Å². The smallest absolute Gasteiger partial charge is 0.258 e. The first-order chi connectivity index (χ1) is 9.84. The largest absolute Gasteiger partial charge is 0.463 e. The highest BCUT2D eigenvalue weighted by Gasteiger charge is 2.38. The van der Waals surface area contributed by atoms with Crippen LogP contribution in [0, 0.1) is 5.92 Å². The van der Waals surface area contributed by atoms with Gasteiger partial charge in [-0.05, 0) is 24.8 Å². The van der Waals surface area contributed by atoms with Crippen molar-refractivity contribution in [1.29, 1.82) is 0 Å². The lowest BCUT2D eigenvalue weighted by molar-refractivity contribution is 0.0576. The minimum absolute atomic E-state index is 0.119. The fourth-order valence-electron chi connectivity index (χ4n) is 3.62. The zero-order valence-electron chi connectivity index (χ0n) is 11.3. The third-order valence-electron chi connectivity index (χ3n) is 4.65. The second-order valence-corrected chi connectivity index (χ2v) is 5.77. The molecule has 2 aromatic rings. The normalized spacial score (nSPS) is 25.9. The molecular weight excluding hydrogens is 252 g/mol. The number of benzene rings is 1. The Kier molecular flexibility index (Phi) is 2.77. The first kappa shape index (κ1) is 12.0. The molecular formula is C16H18N2O2. The molecule has 4 rings (SSSR count). The van der Waals surface area contributed by atoms with Gasteiger partial charge in [-0.3, -0.25) is 4.79 Å². The van der Waals surface area contributed by atoms with Crippen LogP contribution in [0.4, 0.5) is 0 Å². The first-order valence-electron chi connectivity index (χ1n) is 7.32. The minimum Gasteiger partial charge on any atom is -0.463 e. The van der Waals surface area contributed by atoms with Crippen molar-refractivity contribution in [1.82, 2.24) is 10.2 Å². The third-order valence-corrected chi connectivity index (χ3v) is 4.65. The molecule has 4 heteroatoms. The lowest BCUT2D eigenvalue weighted by atomic mass is 9.91. The number of furan rings is 1. The van der Waals surface area contributed by atoms with Gasteiger partial charge in [0.05, 0.1) is 5.56 Å². The molecule has 2 aliphatic rings. The molecule has 1 aromatic heterocycles. The van der Waals surface area contributed by atoms with Crippen molar-refractivity contribution in [3.63, 3.8) is 0 Å². The van der Waals surface area contributed by atoms with Gasteiger partial charge in [0.15, 0.2) is 0 Å². The number of rotatable bonds is 1. The van der Waals surface area contributed by atoms with Crippen LogP contribution in [0.3, 0.4) is 0 Å². The van der Waals surface area contributed by atoms with E-state index in [-0.39, 0.29) is 5.91 Å². The minimum atomic E-state index is 0.119. The maximum absolute atomic E-state index is 12.9. The Morgan fingerprint density at radius 2 is 2.20 bits per heavy atom. The zero-order chi connectivity index (χ0) is 13.5. The van der Waals surface area contributed by atoms with Crippen LogP contribution >= 0.6 is 0 Å². The monoisotopic (exact) mass is 270 g/mol. The number of likely N-dealkylation sites (tertiary alicyclic amines) is 1. The number of hydrogen-bond acceptors (Lipinski definition) is 3. The molecule has 104 valence electrons. The third kappa shape index (κ3) is 1.75. The summed E-state index contributed by atoms with van der Waals surface area (Å²) < 4.78 is 5.51. The quantitative estimate of drug-likeness (QED) is 0.864. The average Bonchev–Trinajstić information content (AvgIpc) is 3.12. The van der Waals surface area contributed by atoms with Crippen LogP contribution in [0.5, 0.6) is 0 Å². The summed E-state index contributed by atoms with van der Waals surface area (Å²) >= 11 is 0. The van der Waals surface area contributed by atoms with Gasteiger partial charge in [0.25, 0.3) is 5.91 Å². The van der Waals surface area contributed by atoms with E-state index < -0.39 is 0 Å². The number of fused-ring (bicyclic) bond motifs is 2. The van der Waals surface area contributed by atoms with Crippen molar-refractivity contribution in [3.05, 3.63) is 36.1 Å². The number of hydrogen-bond donors (Lipinski definition) is 1. The molecule has 0 aliphatic carbocycles. The molecule has 1 N–H and O–H groups in total. The Hall–Kier alpha value is -1.81. The lowest BCUT2D eigenvalue weighted by Crippen LogP contribution is -2.48. The molecule has 2 saturated heterocycles. The summed E-state index contributed by atoms with van der Waals surface area (Å²) in [7, 11) is 0. The Morgan fingerprint density at radius 3 is 3.15 bits per heavy atom. The number of amides is 1. The van der Waals surface area contributed by atoms with Gasteiger partial charge in [0.2, 0.25) is 0 Å². The first-order valence-corrected chi connectivity index (χ1v) is 7.32. The summed E-state index contributed by atoms with van der Waals surface area (Å²) in [5.74, 6) is 0.735. The summed E-state index contributed by atoms with van der Waals surface area (Å²) in [5, 5.41) is 4.34. The van der Waals surface area contributed by atoms with E-state index in [0.717, 1.165) is 37.0 Å². The number of piperidine rings is 1. The number of para-hydroxylation sites is 1. The Morgan fingerprint density at radius 1 is 1.30 bits per heavy atom. The summed E-state index contributed by atoms with van der Waals surface area (Å²) in [6.07, 6.45) is 3.94. The second kappa shape index (κ2) is 4.63. The van der Waals surface area contributed by atoms with Crippen LogP contribution < -0.4 is 5.32 Å². The number of carbonyl (C=O) groups is 1. The fraction of sp³-hybridized carbons (Fsp3) is 0.438. The Labute approximate surface area is 117 Å². The van der Waals surface area contributed by atoms with Crippen LogP contribution in [0.15, 0.2) is 34.9 Å². The van der Waals surface area contributed by atoms with Gasteiger partial charge < -0.3 is 14.6 Å². The van der Waals surface area contributed by atoms with Gasteiger partial charge in [0, 0.05) is 31.1 Å². The van der Waals surface area contributed by atoms with Gasteiger partial charge >= 0.3 is 0 Å². The van der Waals surface area contributed by atoms with Gasteiger partial charge in [-0.25, -0.2) is 0 Å². The molecule has 4 nitrogen and oxygen atoms in total. The van der Waals surface area contributed by atoms with E-state index in [1.165, 1.54) is 6.42 Å². The molecule has 1 aromatic carbocycles. The lowest BCUT2D eigenvalue weighted by Gasteiger charge is -2.36. The van der Waals surface area contributed by atoms with E-state index >= 15 is 0 Å². The molecule has 2 atom stereocenters. The van der Waals surface area contributed by atoms with E-state index in [1.807, 2.05) is 29.2 Å². The molecule has 3 heterocycles. The van der Waals surface area contributed by atoms with Crippen molar-refractivity contribution in [2.75, 3.05) is 19.6 Å². The molecule has 20 heavy (non-hydrogen) atoms. The van der Waals surface area contributed by atoms with Gasteiger partial charge in [-0.2, -0.15) is 0 Å². The summed E-state index contributed by atoms with van der Waals surface area (Å²) in [6, 6.07) is 8.09. The van der Waals surface area contributed by atoms with Crippen LogP contribution in [0.1, 0.15) is 23.2 Å². The van der Waals surface area contributed by atoms with Crippen LogP contribution in [0.2, 0.25) is 0 Å².